The largest absolute Gasteiger partial charge is 0.348 e. The van der Waals surface area contributed by atoms with Crippen LogP contribution in [0, 0.1) is 11.3 Å². The lowest BCUT2D eigenvalue weighted by molar-refractivity contribution is -0.141. The third-order valence-electron chi connectivity index (χ3n) is 6.05. The summed E-state index contributed by atoms with van der Waals surface area (Å²) in [5.41, 5.74) is 0.0485. The van der Waals surface area contributed by atoms with Gasteiger partial charge in [-0.25, -0.2) is 9.97 Å². The summed E-state index contributed by atoms with van der Waals surface area (Å²) in [6, 6.07) is 5.35. The van der Waals surface area contributed by atoms with Crippen LogP contribution in [0.1, 0.15) is 23.2 Å². The average Bonchev–Trinajstić information content (AvgIpc) is 3.02. The highest BCUT2D eigenvalue weighted by atomic mass is 16.2. The van der Waals surface area contributed by atoms with Gasteiger partial charge in [0, 0.05) is 71.0 Å². The van der Waals surface area contributed by atoms with E-state index in [9.17, 15) is 9.59 Å². The molecule has 0 unspecified atom stereocenters. The van der Waals surface area contributed by atoms with Crippen LogP contribution < -0.4 is 4.90 Å². The van der Waals surface area contributed by atoms with Gasteiger partial charge in [0.15, 0.2) is 0 Å². The van der Waals surface area contributed by atoms with Gasteiger partial charge in [-0.15, -0.1) is 0 Å². The van der Waals surface area contributed by atoms with E-state index in [1.807, 2.05) is 4.90 Å². The number of anilines is 1. The first-order valence-corrected chi connectivity index (χ1v) is 9.94. The van der Waals surface area contributed by atoms with Crippen molar-refractivity contribution in [3.8, 4) is 0 Å². The molecule has 4 heterocycles. The average molecular weight is 394 g/mol. The summed E-state index contributed by atoms with van der Waals surface area (Å²) in [5, 5.41) is 0. The van der Waals surface area contributed by atoms with Gasteiger partial charge >= 0.3 is 0 Å². The second-order valence-corrected chi connectivity index (χ2v) is 8.08. The van der Waals surface area contributed by atoms with E-state index in [4.69, 9.17) is 0 Å². The van der Waals surface area contributed by atoms with Gasteiger partial charge in [-0.05, 0) is 31.0 Å². The Morgan fingerprint density at radius 1 is 1.14 bits per heavy atom. The molecule has 2 aromatic heterocycles. The third kappa shape index (κ3) is 3.54. The standard InChI is InChI=1S/C21H26N6O2/c1-25(2)19(29)21-7-4-11-26(18(28)16-6-3-8-22-12-16)13-17(21)14-27(15-21)20-23-9-5-10-24-20/h3,5-6,8-10,12,17H,4,7,11,13-15H2,1-2H3/t17-,21-/m0/s1. The van der Waals surface area contributed by atoms with Crippen molar-refractivity contribution >= 4 is 17.8 Å². The number of carbonyl (C=O) groups is 2. The SMILES string of the molecule is CN(C)C(=O)[C@]12CCCN(C(=O)c3cccnc3)C[C@H]1CN(c1ncccn1)C2. The van der Waals surface area contributed by atoms with Crippen LogP contribution in [0.15, 0.2) is 43.0 Å². The minimum atomic E-state index is -0.535. The van der Waals surface area contributed by atoms with Gasteiger partial charge in [-0.2, -0.15) is 0 Å². The van der Waals surface area contributed by atoms with Crippen LogP contribution >= 0.6 is 0 Å². The molecule has 2 atom stereocenters. The predicted molar refractivity (Wildman–Crippen MR) is 108 cm³/mol. The molecule has 0 aromatic carbocycles. The summed E-state index contributed by atoms with van der Waals surface area (Å²) < 4.78 is 0. The van der Waals surface area contributed by atoms with Crippen LogP contribution in [0.5, 0.6) is 0 Å². The van der Waals surface area contributed by atoms with Crippen molar-refractivity contribution in [3.63, 3.8) is 0 Å². The molecule has 0 N–H and O–H groups in total. The summed E-state index contributed by atoms with van der Waals surface area (Å²) in [6.45, 7) is 2.42. The molecule has 0 bridgehead atoms. The van der Waals surface area contributed by atoms with Gasteiger partial charge in [0.25, 0.3) is 5.91 Å². The first-order valence-electron chi connectivity index (χ1n) is 9.94. The number of hydrogen-bond acceptors (Lipinski definition) is 6. The maximum Gasteiger partial charge on any atom is 0.255 e. The summed E-state index contributed by atoms with van der Waals surface area (Å²) in [7, 11) is 3.61. The smallest absolute Gasteiger partial charge is 0.255 e. The molecule has 4 rings (SSSR count). The molecule has 8 heteroatoms. The monoisotopic (exact) mass is 394 g/mol. The van der Waals surface area contributed by atoms with Gasteiger partial charge in [0.1, 0.15) is 0 Å². The van der Waals surface area contributed by atoms with Crippen LogP contribution in [0.3, 0.4) is 0 Å². The highest BCUT2D eigenvalue weighted by Crippen LogP contribution is 2.44. The molecule has 29 heavy (non-hydrogen) atoms. The fraction of sp³-hybridized carbons (Fsp3) is 0.476. The quantitative estimate of drug-likeness (QED) is 0.781. The topological polar surface area (TPSA) is 82.5 Å². The second-order valence-electron chi connectivity index (χ2n) is 8.08. The second kappa shape index (κ2) is 7.77. The van der Waals surface area contributed by atoms with Crippen LogP contribution in [0.4, 0.5) is 5.95 Å². The van der Waals surface area contributed by atoms with E-state index < -0.39 is 5.41 Å². The van der Waals surface area contributed by atoms with Gasteiger partial charge in [0.05, 0.1) is 11.0 Å². The molecule has 0 aliphatic carbocycles. The van der Waals surface area contributed by atoms with Crippen molar-refractivity contribution in [1.82, 2.24) is 24.8 Å². The zero-order chi connectivity index (χ0) is 20.4. The fourth-order valence-corrected chi connectivity index (χ4v) is 4.69. The Morgan fingerprint density at radius 2 is 1.93 bits per heavy atom. The lowest BCUT2D eigenvalue weighted by Gasteiger charge is -2.34. The molecule has 0 saturated carbocycles. The Bertz CT molecular complexity index is 875. The van der Waals surface area contributed by atoms with E-state index in [0.29, 0.717) is 37.7 Å². The number of likely N-dealkylation sites (tertiary alicyclic amines) is 1. The molecule has 2 aromatic rings. The molecule has 2 saturated heterocycles. The Hall–Kier alpha value is -3.03. The number of nitrogens with zero attached hydrogens (tertiary/aromatic N) is 6. The van der Waals surface area contributed by atoms with Crippen molar-refractivity contribution in [2.45, 2.75) is 12.8 Å². The Labute approximate surface area is 170 Å². The number of fused-ring (bicyclic) bond motifs is 1. The number of amides is 2. The molecule has 2 amide bonds. The lowest BCUT2D eigenvalue weighted by atomic mass is 9.74. The van der Waals surface area contributed by atoms with E-state index in [2.05, 4.69) is 19.9 Å². The highest BCUT2D eigenvalue weighted by Gasteiger charge is 2.54. The summed E-state index contributed by atoms with van der Waals surface area (Å²) >= 11 is 0. The number of rotatable bonds is 3. The summed E-state index contributed by atoms with van der Waals surface area (Å²) in [5.74, 6) is 0.748. The molecule has 2 fully saturated rings. The third-order valence-corrected chi connectivity index (χ3v) is 6.05. The Kier molecular flexibility index (Phi) is 5.17. The zero-order valence-electron chi connectivity index (χ0n) is 16.9. The van der Waals surface area contributed by atoms with E-state index in [-0.39, 0.29) is 17.7 Å². The molecule has 2 aliphatic heterocycles. The van der Waals surface area contributed by atoms with E-state index in [1.54, 1.807) is 62.0 Å². The number of carbonyl (C=O) groups excluding carboxylic acids is 2. The van der Waals surface area contributed by atoms with Crippen LogP contribution in [0.2, 0.25) is 0 Å². The maximum absolute atomic E-state index is 13.3. The molecular formula is C21H26N6O2. The van der Waals surface area contributed by atoms with Crippen molar-refractivity contribution in [3.05, 3.63) is 48.5 Å². The normalized spacial score (nSPS) is 24.0. The number of hydrogen-bond donors (Lipinski definition) is 0. The van der Waals surface area contributed by atoms with Gasteiger partial charge in [-0.1, -0.05) is 0 Å². The maximum atomic E-state index is 13.3. The van der Waals surface area contributed by atoms with Crippen LogP contribution in [0.25, 0.3) is 0 Å². The first kappa shape index (κ1) is 19.3. The van der Waals surface area contributed by atoms with Crippen molar-refractivity contribution in [1.29, 1.82) is 0 Å². The molecular weight excluding hydrogens is 368 g/mol. The summed E-state index contributed by atoms with van der Waals surface area (Å²) in [4.78, 5) is 44.9. The number of pyridine rings is 1. The summed E-state index contributed by atoms with van der Waals surface area (Å²) in [6.07, 6.45) is 8.23. The minimum absolute atomic E-state index is 0.0179. The molecule has 0 radical (unpaired) electrons. The fourth-order valence-electron chi connectivity index (χ4n) is 4.69. The molecule has 8 nitrogen and oxygen atoms in total. The van der Waals surface area contributed by atoms with Gasteiger partial charge < -0.3 is 14.7 Å². The van der Waals surface area contributed by atoms with E-state index >= 15 is 0 Å². The van der Waals surface area contributed by atoms with E-state index in [0.717, 1.165) is 12.8 Å². The predicted octanol–water partition coefficient (Wildman–Crippen LogP) is 1.32. The molecule has 2 aliphatic rings. The zero-order valence-corrected chi connectivity index (χ0v) is 16.9. The Morgan fingerprint density at radius 3 is 2.62 bits per heavy atom. The van der Waals surface area contributed by atoms with E-state index in [1.165, 1.54) is 0 Å². The molecule has 0 spiro atoms. The van der Waals surface area contributed by atoms with Crippen LogP contribution in [-0.4, -0.2) is 76.8 Å². The van der Waals surface area contributed by atoms with Crippen molar-refractivity contribution < 1.29 is 9.59 Å². The number of aromatic nitrogens is 3. The van der Waals surface area contributed by atoms with Gasteiger partial charge in [-0.3, -0.25) is 14.6 Å². The van der Waals surface area contributed by atoms with Gasteiger partial charge in [0.2, 0.25) is 11.9 Å². The van der Waals surface area contributed by atoms with Crippen molar-refractivity contribution in [2.75, 3.05) is 45.2 Å². The molecule has 152 valence electrons. The highest BCUT2D eigenvalue weighted by molar-refractivity contribution is 5.94. The van der Waals surface area contributed by atoms with Crippen molar-refractivity contribution in [2.24, 2.45) is 11.3 Å². The Balaban J connectivity index is 1.64. The van der Waals surface area contributed by atoms with Crippen LogP contribution in [-0.2, 0) is 4.79 Å². The minimum Gasteiger partial charge on any atom is -0.348 e. The first-order chi connectivity index (χ1) is 14.0. The lowest BCUT2D eigenvalue weighted by Crippen LogP contribution is -2.47.